The molecule has 4 heteroatoms. The normalized spacial score (nSPS) is 35.3. The lowest BCUT2D eigenvalue weighted by atomic mass is 9.86. The first-order valence-corrected chi connectivity index (χ1v) is 7.17. The van der Waals surface area contributed by atoms with Crippen molar-refractivity contribution in [2.24, 2.45) is 23.7 Å². The van der Waals surface area contributed by atoms with Crippen LogP contribution in [0.1, 0.15) is 38.5 Å². The molecule has 2 aliphatic carbocycles. The van der Waals surface area contributed by atoms with Gasteiger partial charge in [-0.3, -0.25) is 9.59 Å². The van der Waals surface area contributed by atoms with Gasteiger partial charge in [0, 0.05) is 19.5 Å². The standard InChI is InChI=1S/C14H21NO3/c16-12(6-9-4-2-1-3-5-9)15-7-10-11(8-15)13(10)14(17)18/h9-11,13H,1-8H2,(H,17,18). The molecule has 2 saturated carbocycles. The summed E-state index contributed by atoms with van der Waals surface area (Å²) in [6.07, 6.45) is 6.94. The van der Waals surface area contributed by atoms with Crippen LogP contribution in [-0.2, 0) is 9.59 Å². The van der Waals surface area contributed by atoms with Crippen molar-refractivity contribution in [2.45, 2.75) is 38.5 Å². The molecule has 1 aliphatic heterocycles. The smallest absolute Gasteiger partial charge is 0.307 e. The van der Waals surface area contributed by atoms with Crippen LogP contribution < -0.4 is 0 Å². The molecule has 2 unspecified atom stereocenters. The summed E-state index contributed by atoms with van der Waals surface area (Å²) in [6, 6.07) is 0. The van der Waals surface area contributed by atoms with E-state index in [1.807, 2.05) is 4.90 Å². The highest BCUT2D eigenvalue weighted by Crippen LogP contribution is 2.51. The van der Waals surface area contributed by atoms with Gasteiger partial charge >= 0.3 is 5.97 Å². The second-order valence-electron chi connectivity index (χ2n) is 6.20. The molecule has 3 aliphatic rings. The Morgan fingerprint density at radius 2 is 1.67 bits per heavy atom. The van der Waals surface area contributed by atoms with Gasteiger partial charge in [0.1, 0.15) is 0 Å². The number of piperidine rings is 1. The molecule has 1 N–H and O–H groups in total. The Hall–Kier alpha value is -1.06. The van der Waals surface area contributed by atoms with E-state index in [4.69, 9.17) is 5.11 Å². The predicted octanol–water partition coefficient (Wildman–Crippen LogP) is 1.75. The van der Waals surface area contributed by atoms with E-state index in [0.717, 1.165) is 0 Å². The Morgan fingerprint density at radius 1 is 1.06 bits per heavy atom. The molecule has 3 rings (SSSR count). The van der Waals surface area contributed by atoms with Crippen molar-refractivity contribution in [3.63, 3.8) is 0 Å². The maximum absolute atomic E-state index is 12.1. The molecule has 0 aromatic carbocycles. The fraction of sp³-hybridized carbons (Fsp3) is 0.857. The van der Waals surface area contributed by atoms with Gasteiger partial charge in [-0.15, -0.1) is 0 Å². The van der Waals surface area contributed by atoms with Gasteiger partial charge in [-0.25, -0.2) is 0 Å². The average molecular weight is 251 g/mol. The van der Waals surface area contributed by atoms with Crippen LogP contribution >= 0.6 is 0 Å². The van der Waals surface area contributed by atoms with E-state index in [2.05, 4.69) is 0 Å². The quantitative estimate of drug-likeness (QED) is 0.831. The van der Waals surface area contributed by atoms with Crippen molar-refractivity contribution < 1.29 is 14.7 Å². The van der Waals surface area contributed by atoms with Crippen molar-refractivity contribution in [1.29, 1.82) is 0 Å². The second kappa shape index (κ2) is 4.56. The SMILES string of the molecule is O=C(O)C1C2CN(C(=O)CC3CCCCC3)CC21. The minimum atomic E-state index is -0.677. The summed E-state index contributed by atoms with van der Waals surface area (Å²) in [4.78, 5) is 24.9. The van der Waals surface area contributed by atoms with Gasteiger partial charge in [0.15, 0.2) is 0 Å². The summed E-state index contributed by atoms with van der Waals surface area (Å²) in [6.45, 7) is 1.38. The number of aliphatic carboxylic acids is 1. The van der Waals surface area contributed by atoms with Crippen LogP contribution in [0.5, 0.6) is 0 Å². The minimum absolute atomic E-state index is 0.163. The molecular formula is C14H21NO3. The zero-order valence-electron chi connectivity index (χ0n) is 10.7. The molecule has 100 valence electrons. The third-order valence-electron chi connectivity index (χ3n) is 5.02. The molecule has 1 saturated heterocycles. The number of hydrogen-bond donors (Lipinski definition) is 1. The Kier molecular flexibility index (Phi) is 3.04. The highest BCUT2D eigenvalue weighted by atomic mass is 16.4. The van der Waals surface area contributed by atoms with Crippen LogP contribution in [0.3, 0.4) is 0 Å². The highest BCUT2D eigenvalue weighted by molar-refractivity contribution is 5.79. The van der Waals surface area contributed by atoms with Gasteiger partial charge < -0.3 is 10.0 Å². The zero-order chi connectivity index (χ0) is 12.7. The fourth-order valence-corrected chi connectivity index (χ4v) is 3.86. The number of carbonyl (C=O) groups excluding carboxylic acids is 1. The number of rotatable bonds is 3. The number of carbonyl (C=O) groups is 2. The third-order valence-corrected chi connectivity index (χ3v) is 5.02. The van der Waals surface area contributed by atoms with Crippen LogP contribution in [0.4, 0.5) is 0 Å². The Labute approximate surface area is 107 Å². The lowest BCUT2D eigenvalue weighted by molar-refractivity contribution is -0.141. The molecule has 4 nitrogen and oxygen atoms in total. The first kappa shape index (κ1) is 12.0. The summed E-state index contributed by atoms with van der Waals surface area (Å²) in [7, 11) is 0. The molecule has 1 amide bonds. The zero-order valence-corrected chi connectivity index (χ0v) is 10.7. The van der Waals surface area contributed by atoms with Crippen molar-refractivity contribution in [3.05, 3.63) is 0 Å². The molecule has 0 bridgehead atoms. The molecule has 0 aromatic rings. The average Bonchev–Trinajstić information content (AvgIpc) is 2.87. The van der Waals surface area contributed by atoms with Crippen LogP contribution in [0, 0.1) is 23.7 Å². The van der Waals surface area contributed by atoms with Gasteiger partial charge in [-0.2, -0.15) is 0 Å². The van der Waals surface area contributed by atoms with Gasteiger partial charge in [0.05, 0.1) is 5.92 Å². The van der Waals surface area contributed by atoms with E-state index < -0.39 is 5.97 Å². The number of carboxylic acid groups (broad SMARTS) is 1. The number of nitrogens with zero attached hydrogens (tertiary/aromatic N) is 1. The molecule has 18 heavy (non-hydrogen) atoms. The van der Waals surface area contributed by atoms with Crippen LogP contribution in [0.2, 0.25) is 0 Å². The van der Waals surface area contributed by atoms with Crippen LogP contribution in [0.25, 0.3) is 0 Å². The van der Waals surface area contributed by atoms with Crippen LogP contribution in [-0.4, -0.2) is 35.0 Å². The molecule has 1 heterocycles. The molecule has 0 spiro atoms. The van der Waals surface area contributed by atoms with Crippen molar-refractivity contribution in [3.8, 4) is 0 Å². The van der Waals surface area contributed by atoms with Gasteiger partial charge in [-0.1, -0.05) is 19.3 Å². The number of fused-ring (bicyclic) bond motifs is 1. The Bertz CT molecular complexity index is 350. The lowest BCUT2D eigenvalue weighted by Gasteiger charge is -2.25. The summed E-state index contributed by atoms with van der Waals surface area (Å²) in [5.74, 6) is 0.500. The molecule has 3 fully saturated rings. The van der Waals surface area contributed by atoms with Crippen molar-refractivity contribution in [2.75, 3.05) is 13.1 Å². The summed E-state index contributed by atoms with van der Waals surface area (Å²) < 4.78 is 0. The molecule has 2 atom stereocenters. The van der Waals surface area contributed by atoms with E-state index in [0.29, 0.717) is 25.4 Å². The number of carboxylic acids is 1. The van der Waals surface area contributed by atoms with Gasteiger partial charge in [-0.05, 0) is 30.6 Å². The van der Waals surface area contributed by atoms with E-state index in [1.54, 1.807) is 0 Å². The third kappa shape index (κ3) is 2.13. The number of amides is 1. The van der Waals surface area contributed by atoms with Crippen molar-refractivity contribution in [1.82, 2.24) is 4.90 Å². The lowest BCUT2D eigenvalue weighted by Crippen LogP contribution is -2.34. The van der Waals surface area contributed by atoms with Crippen LogP contribution in [0.15, 0.2) is 0 Å². The van der Waals surface area contributed by atoms with Gasteiger partial charge in [0.25, 0.3) is 0 Å². The Balaban J connectivity index is 1.46. The minimum Gasteiger partial charge on any atom is -0.481 e. The van der Waals surface area contributed by atoms with Crippen molar-refractivity contribution >= 4 is 11.9 Å². The first-order chi connectivity index (χ1) is 8.66. The fourth-order valence-electron chi connectivity index (χ4n) is 3.86. The second-order valence-corrected chi connectivity index (χ2v) is 6.20. The van der Waals surface area contributed by atoms with Gasteiger partial charge in [0.2, 0.25) is 5.91 Å². The first-order valence-electron chi connectivity index (χ1n) is 7.17. The maximum atomic E-state index is 12.1. The van der Waals surface area contributed by atoms with E-state index in [-0.39, 0.29) is 23.7 Å². The summed E-state index contributed by atoms with van der Waals surface area (Å²) in [5.41, 5.74) is 0. The van der Waals surface area contributed by atoms with E-state index >= 15 is 0 Å². The maximum Gasteiger partial charge on any atom is 0.307 e. The monoisotopic (exact) mass is 251 g/mol. The largest absolute Gasteiger partial charge is 0.481 e. The number of hydrogen-bond acceptors (Lipinski definition) is 2. The van der Waals surface area contributed by atoms with E-state index in [9.17, 15) is 9.59 Å². The number of likely N-dealkylation sites (tertiary alicyclic amines) is 1. The van der Waals surface area contributed by atoms with E-state index in [1.165, 1.54) is 32.1 Å². The topological polar surface area (TPSA) is 57.6 Å². The Morgan fingerprint density at radius 3 is 2.22 bits per heavy atom. The summed E-state index contributed by atoms with van der Waals surface area (Å²) in [5, 5.41) is 8.94. The molecule has 0 radical (unpaired) electrons. The molecule has 0 aromatic heterocycles. The highest BCUT2D eigenvalue weighted by Gasteiger charge is 2.60. The predicted molar refractivity (Wildman–Crippen MR) is 65.9 cm³/mol. The summed E-state index contributed by atoms with van der Waals surface area (Å²) >= 11 is 0. The molecular weight excluding hydrogens is 230 g/mol.